The lowest BCUT2D eigenvalue weighted by atomic mass is 9.99. The maximum absolute atomic E-state index is 11.4. The maximum Gasteiger partial charge on any atom is 0.287 e. The lowest BCUT2D eigenvalue weighted by molar-refractivity contribution is -0.385. The van der Waals surface area contributed by atoms with E-state index in [1.807, 2.05) is 6.07 Å². The molecule has 2 aromatic carbocycles. The molecule has 0 atom stereocenters. The number of nitrogens with zero attached hydrogens (tertiary/aromatic N) is 2. The van der Waals surface area contributed by atoms with Crippen molar-refractivity contribution < 1.29 is 13.3 Å². The monoisotopic (exact) mass is 302 g/mol. The van der Waals surface area contributed by atoms with Gasteiger partial charge in [-0.25, -0.2) is 8.42 Å². The van der Waals surface area contributed by atoms with E-state index in [9.17, 15) is 18.5 Å². The van der Waals surface area contributed by atoms with Crippen LogP contribution in [0.5, 0.6) is 0 Å². The Morgan fingerprint density at radius 2 is 1.76 bits per heavy atom. The fraction of sp³-hybridized carbons (Fsp3) is 0.0714. The number of nitro benzene ring substituents is 1. The highest BCUT2D eigenvalue weighted by atomic mass is 32.2. The van der Waals surface area contributed by atoms with Crippen molar-refractivity contribution in [2.75, 3.05) is 6.26 Å². The molecule has 2 rings (SSSR count). The molecule has 0 N–H and O–H groups in total. The Bertz CT molecular complexity index is 850. The summed E-state index contributed by atoms with van der Waals surface area (Å²) in [6, 6.07) is 12.0. The lowest BCUT2D eigenvalue weighted by Gasteiger charge is -2.06. The summed E-state index contributed by atoms with van der Waals surface area (Å²) in [5.41, 5.74) is 0.617. The molecule has 0 saturated heterocycles. The van der Waals surface area contributed by atoms with Gasteiger partial charge < -0.3 is 0 Å². The smallest absolute Gasteiger partial charge is 0.258 e. The second-order valence-electron chi connectivity index (χ2n) is 4.37. The quantitative estimate of drug-likeness (QED) is 0.640. The molecule has 0 unspecified atom stereocenters. The molecular formula is C14H10N2O4S. The van der Waals surface area contributed by atoms with Crippen molar-refractivity contribution in [3.05, 3.63) is 58.1 Å². The van der Waals surface area contributed by atoms with Crippen LogP contribution in [0.1, 0.15) is 5.56 Å². The van der Waals surface area contributed by atoms with Gasteiger partial charge in [0.05, 0.1) is 9.82 Å². The summed E-state index contributed by atoms with van der Waals surface area (Å²) in [6.07, 6.45) is 1.09. The van der Waals surface area contributed by atoms with E-state index in [1.54, 1.807) is 6.07 Å². The van der Waals surface area contributed by atoms with Crippen molar-refractivity contribution in [2.24, 2.45) is 0 Å². The zero-order valence-electron chi connectivity index (χ0n) is 11.0. The molecule has 0 heterocycles. The molecule has 0 amide bonds. The molecule has 7 heteroatoms. The first-order chi connectivity index (χ1) is 9.84. The van der Waals surface area contributed by atoms with Crippen molar-refractivity contribution in [3.63, 3.8) is 0 Å². The number of hydrogen-bond donors (Lipinski definition) is 0. The summed E-state index contributed by atoms with van der Waals surface area (Å²) in [6.45, 7) is 0. The summed E-state index contributed by atoms with van der Waals surface area (Å²) < 4.78 is 22.8. The Hall–Kier alpha value is -2.72. The summed E-state index contributed by atoms with van der Waals surface area (Å²) in [4.78, 5) is 10.5. The van der Waals surface area contributed by atoms with Crippen LogP contribution in [-0.2, 0) is 9.84 Å². The molecule has 0 aromatic heterocycles. The van der Waals surface area contributed by atoms with Crippen molar-refractivity contribution in [1.82, 2.24) is 0 Å². The largest absolute Gasteiger partial charge is 0.287 e. The molecular weight excluding hydrogens is 292 g/mol. The molecule has 21 heavy (non-hydrogen) atoms. The van der Waals surface area contributed by atoms with Crippen LogP contribution in [0.3, 0.4) is 0 Å². The predicted molar refractivity (Wildman–Crippen MR) is 76.4 cm³/mol. The molecule has 0 aliphatic carbocycles. The van der Waals surface area contributed by atoms with Gasteiger partial charge in [-0.3, -0.25) is 10.1 Å². The minimum atomic E-state index is -3.31. The number of sulfone groups is 1. The minimum absolute atomic E-state index is 0.0467. The van der Waals surface area contributed by atoms with Crippen LogP contribution in [-0.4, -0.2) is 19.6 Å². The fourth-order valence-corrected chi connectivity index (χ4v) is 2.56. The molecule has 0 aliphatic heterocycles. The van der Waals surface area contributed by atoms with Crippen LogP contribution in [0.2, 0.25) is 0 Å². The van der Waals surface area contributed by atoms with Crippen molar-refractivity contribution >= 4 is 15.5 Å². The second-order valence-corrected chi connectivity index (χ2v) is 6.38. The van der Waals surface area contributed by atoms with Gasteiger partial charge in [-0.05, 0) is 17.7 Å². The van der Waals surface area contributed by atoms with Gasteiger partial charge in [-0.1, -0.05) is 24.3 Å². The van der Waals surface area contributed by atoms with Crippen LogP contribution in [0, 0.1) is 21.4 Å². The highest BCUT2D eigenvalue weighted by molar-refractivity contribution is 7.90. The molecule has 0 fully saturated rings. The molecule has 0 bridgehead atoms. The fourth-order valence-electron chi connectivity index (χ4n) is 1.93. The highest BCUT2D eigenvalue weighted by Gasteiger charge is 2.18. The Morgan fingerprint density at radius 1 is 1.14 bits per heavy atom. The van der Waals surface area contributed by atoms with Crippen LogP contribution in [0.4, 0.5) is 5.69 Å². The van der Waals surface area contributed by atoms with Crippen LogP contribution >= 0.6 is 0 Å². The average Bonchev–Trinajstić information content (AvgIpc) is 2.45. The van der Waals surface area contributed by atoms with Crippen LogP contribution in [0.25, 0.3) is 11.1 Å². The highest BCUT2D eigenvalue weighted by Crippen LogP contribution is 2.30. The van der Waals surface area contributed by atoms with Crippen molar-refractivity contribution in [2.45, 2.75) is 4.90 Å². The third-order valence-electron chi connectivity index (χ3n) is 2.94. The first kappa shape index (κ1) is 14.7. The summed E-state index contributed by atoms with van der Waals surface area (Å²) in [5, 5.41) is 20.1. The predicted octanol–water partition coefficient (Wildman–Crippen LogP) is 2.54. The molecule has 0 spiro atoms. The standard InChI is InChI=1S/C14H10N2O4S/c1-21(19,20)11-7-5-10(6-8-11)12-3-2-4-14(16(17)18)13(12)9-15/h2-8H,1H3. The van der Waals surface area contributed by atoms with Gasteiger partial charge in [0.15, 0.2) is 9.84 Å². The number of rotatable bonds is 3. The minimum Gasteiger partial charge on any atom is -0.258 e. The number of benzene rings is 2. The average molecular weight is 302 g/mol. The first-order valence-electron chi connectivity index (χ1n) is 5.82. The molecule has 0 radical (unpaired) electrons. The number of nitriles is 1. The lowest BCUT2D eigenvalue weighted by Crippen LogP contribution is -1.97. The number of hydrogen-bond acceptors (Lipinski definition) is 5. The Labute approximate surface area is 121 Å². The van der Waals surface area contributed by atoms with Gasteiger partial charge >= 0.3 is 0 Å². The van der Waals surface area contributed by atoms with Gasteiger partial charge in [0.1, 0.15) is 11.6 Å². The van der Waals surface area contributed by atoms with E-state index in [0.717, 1.165) is 6.26 Å². The molecule has 106 valence electrons. The van der Waals surface area contributed by atoms with Crippen molar-refractivity contribution in [1.29, 1.82) is 5.26 Å². The van der Waals surface area contributed by atoms with Crippen molar-refractivity contribution in [3.8, 4) is 17.2 Å². The van der Waals surface area contributed by atoms with Crippen LogP contribution in [0.15, 0.2) is 47.4 Å². The molecule has 6 nitrogen and oxygen atoms in total. The van der Waals surface area contributed by atoms with E-state index in [-0.39, 0.29) is 16.1 Å². The van der Waals surface area contributed by atoms with E-state index < -0.39 is 14.8 Å². The topological polar surface area (TPSA) is 101 Å². The third kappa shape index (κ3) is 2.90. The van der Waals surface area contributed by atoms with Crippen LogP contribution < -0.4 is 0 Å². The zero-order valence-corrected chi connectivity index (χ0v) is 11.8. The molecule has 0 saturated carbocycles. The Morgan fingerprint density at radius 3 is 2.24 bits per heavy atom. The van der Waals surface area contributed by atoms with Gasteiger partial charge in [-0.2, -0.15) is 5.26 Å². The third-order valence-corrected chi connectivity index (χ3v) is 4.07. The summed E-state index contributed by atoms with van der Waals surface area (Å²) in [7, 11) is -3.31. The first-order valence-corrected chi connectivity index (χ1v) is 7.71. The van der Waals surface area contributed by atoms with Gasteiger partial charge in [0, 0.05) is 17.9 Å². The Balaban J connectivity index is 2.61. The van der Waals surface area contributed by atoms with E-state index >= 15 is 0 Å². The second kappa shape index (κ2) is 5.34. The molecule has 0 aliphatic rings. The van der Waals surface area contributed by atoms with Gasteiger partial charge in [-0.15, -0.1) is 0 Å². The van der Waals surface area contributed by atoms with E-state index in [1.165, 1.54) is 36.4 Å². The van der Waals surface area contributed by atoms with E-state index in [0.29, 0.717) is 11.1 Å². The van der Waals surface area contributed by atoms with Gasteiger partial charge in [0.25, 0.3) is 5.69 Å². The van der Waals surface area contributed by atoms with Gasteiger partial charge in [0.2, 0.25) is 0 Å². The normalized spacial score (nSPS) is 10.9. The summed E-state index contributed by atoms with van der Waals surface area (Å²) in [5.74, 6) is 0. The SMILES string of the molecule is CS(=O)(=O)c1ccc(-c2cccc([N+](=O)[O-])c2C#N)cc1. The summed E-state index contributed by atoms with van der Waals surface area (Å²) >= 11 is 0. The number of nitro groups is 1. The van der Waals surface area contributed by atoms with E-state index in [2.05, 4.69) is 0 Å². The molecule has 2 aromatic rings. The van der Waals surface area contributed by atoms with E-state index in [4.69, 9.17) is 5.26 Å². The zero-order chi connectivity index (χ0) is 15.6. The maximum atomic E-state index is 11.4. The Kier molecular flexibility index (Phi) is 3.74.